The first kappa shape index (κ1) is 17.0. The average Bonchev–Trinajstić information content (AvgIpc) is 2.58. The zero-order valence-electron chi connectivity index (χ0n) is 13.6. The van der Waals surface area contributed by atoms with Crippen molar-refractivity contribution in [1.29, 1.82) is 0 Å². The summed E-state index contributed by atoms with van der Waals surface area (Å²) < 4.78 is 30.8. The Kier molecular flexibility index (Phi) is 4.72. The van der Waals surface area contributed by atoms with Crippen LogP contribution >= 0.6 is 0 Å². The van der Waals surface area contributed by atoms with Crippen LogP contribution in [0.25, 0.3) is 10.8 Å². The summed E-state index contributed by atoms with van der Waals surface area (Å²) >= 11 is 0. The summed E-state index contributed by atoms with van der Waals surface area (Å²) in [5.74, 6) is -0.503. The maximum atomic E-state index is 12.6. The van der Waals surface area contributed by atoms with Gasteiger partial charge in [0, 0.05) is 5.69 Å². The minimum Gasteiger partial charge on any atom is -0.457 e. The number of benzene rings is 3. The number of carbonyl (C=O) groups excluding carboxylic acids is 1. The van der Waals surface area contributed by atoms with Crippen molar-refractivity contribution in [3.8, 4) is 0 Å². The van der Waals surface area contributed by atoms with E-state index in [2.05, 4.69) is 4.72 Å². The van der Waals surface area contributed by atoms with Crippen molar-refractivity contribution in [3.05, 3.63) is 77.9 Å². The van der Waals surface area contributed by atoms with Crippen molar-refractivity contribution in [2.75, 3.05) is 11.0 Å². The fraction of sp³-hybridized carbons (Fsp3) is 0.105. The van der Waals surface area contributed by atoms with Crippen LogP contribution in [0.15, 0.2) is 66.7 Å². The number of fused-ring (bicyclic) bond motifs is 1. The number of anilines is 1. The van der Waals surface area contributed by atoms with E-state index in [9.17, 15) is 13.2 Å². The van der Waals surface area contributed by atoms with Gasteiger partial charge in [0.2, 0.25) is 10.0 Å². The molecule has 0 radical (unpaired) electrons. The molecule has 25 heavy (non-hydrogen) atoms. The summed E-state index contributed by atoms with van der Waals surface area (Å²) in [5.41, 5.74) is 1.53. The molecular weight excluding hydrogens is 338 g/mol. The highest BCUT2D eigenvalue weighted by molar-refractivity contribution is 7.92. The molecule has 0 saturated heterocycles. The lowest BCUT2D eigenvalue weighted by molar-refractivity contribution is 0.0475. The Bertz CT molecular complexity index is 1010. The second-order valence-corrected chi connectivity index (χ2v) is 7.43. The van der Waals surface area contributed by atoms with E-state index in [1.54, 1.807) is 12.1 Å². The highest BCUT2D eigenvalue weighted by Gasteiger charge is 2.15. The SMILES string of the molecule is CS(=O)(=O)Nc1cc(C(=O)OCc2ccccc2)c2ccccc2c1. The van der Waals surface area contributed by atoms with Gasteiger partial charge < -0.3 is 4.74 Å². The Morgan fingerprint density at radius 2 is 1.68 bits per heavy atom. The predicted molar refractivity (Wildman–Crippen MR) is 98.0 cm³/mol. The maximum Gasteiger partial charge on any atom is 0.339 e. The third-order valence-electron chi connectivity index (χ3n) is 3.60. The van der Waals surface area contributed by atoms with E-state index in [4.69, 9.17) is 4.74 Å². The fourth-order valence-corrected chi connectivity index (χ4v) is 3.10. The third kappa shape index (κ3) is 4.36. The monoisotopic (exact) mass is 355 g/mol. The van der Waals surface area contributed by atoms with Crippen LogP contribution in [0.1, 0.15) is 15.9 Å². The van der Waals surface area contributed by atoms with Crippen LogP contribution in [-0.4, -0.2) is 20.6 Å². The van der Waals surface area contributed by atoms with Gasteiger partial charge in [-0.15, -0.1) is 0 Å². The van der Waals surface area contributed by atoms with Crippen molar-refractivity contribution in [2.45, 2.75) is 6.61 Å². The Labute approximate surface area is 146 Å². The van der Waals surface area contributed by atoms with Gasteiger partial charge in [0.25, 0.3) is 0 Å². The Balaban J connectivity index is 1.94. The molecule has 0 atom stereocenters. The second-order valence-electron chi connectivity index (χ2n) is 5.68. The molecular formula is C19H17NO4S. The van der Waals surface area contributed by atoms with E-state index in [-0.39, 0.29) is 6.61 Å². The summed E-state index contributed by atoms with van der Waals surface area (Å²) in [6.07, 6.45) is 1.07. The van der Waals surface area contributed by atoms with E-state index in [0.717, 1.165) is 17.2 Å². The Hall–Kier alpha value is -2.86. The van der Waals surface area contributed by atoms with Crippen LogP contribution in [0, 0.1) is 0 Å². The largest absolute Gasteiger partial charge is 0.457 e. The molecule has 0 heterocycles. The lowest BCUT2D eigenvalue weighted by Crippen LogP contribution is -2.11. The van der Waals surface area contributed by atoms with Gasteiger partial charge in [0.1, 0.15) is 6.61 Å². The van der Waals surface area contributed by atoms with Crippen LogP contribution in [0.5, 0.6) is 0 Å². The summed E-state index contributed by atoms with van der Waals surface area (Å²) in [6.45, 7) is 0.151. The topological polar surface area (TPSA) is 72.5 Å². The maximum absolute atomic E-state index is 12.6. The molecule has 0 fully saturated rings. The van der Waals surface area contributed by atoms with Crippen molar-refractivity contribution in [1.82, 2.24) is 0 Å². The number of rotatable bonds is 5. The van der Waals surface area contributed by atoms with E-state index < -0.39 is 16.0 Å². The molecule has 0 aliphatic carbocycles. The first-order chi connectivity index (χ1) is 11.9. The molecule has 0 saturated carbocycles. The smallest absolute Gasteiger partial charge is 0.339 e. The van der Waals surface area contributed by atoms with Crippen LogP contribution < -0.4 is 4.72 Å². The molecule has 0 aromatic heterocycles. The van der Waals surface area contributed by atoms with E-state index >= 15 is 0 Å². The average molecular weight is 355 g/mol. The van der Waals surface area contributed by atoms with E-state index in [0.29, 0.717) is 16.6 Å². The van der Waals surface area contributed by atoms with Crippen molar-refractivity contribution < 1.29 is 17.9 Å². The molecule has 1 N–H and O–H groups in total. The number of hydrogen-bond donors (Lipinski definition) is 1. The fourth-order valence-electron chi connectivity index (χ4n) is 2.55. The zero-order valence-corrected chi connectivity index (χ0v) is 14.4. The van der Waals surface area contributed by atoms with Gasteiger partial charge in [-0.3, -0.25) is 4.72 Å². The van der Waals surface area contributed by atoms with Gasteiger partial charge >= 0.3 is 5.97 Å². The molecule has 0 spiro atoms. The van der Waals surface area contributed by atoms with Crippen molar-refractivity contribution in [3.63, 3.8) is 0 Å². The van der Waals surface area contributed by atoms with Gasteiger partial charge in [-0.1, -0.05) is 54.6 Å². The first-order valence-corrected chi connectivity index (χ1v) is 9.53. The minimum atomic E-state index is -3.45. The van der Waals surface area contributed by atoms with Crippen LogP contribution in [0.3, 0.4) is 0 Å². The number of ether oxygens (including phenoxy) is 1. The van der Waals surface area contributed by atoms with Gasteiger partial charge in [-0.05, 0) is 28.5 Å². The first-order valence-electron chi connectivity index (χ1n) is 7.64. The molecule has 3 aromatic carbocycles. The lowest BCUT2D eigenvalue weighted by Gasteiger charge is -2.11. The number of sulfonamides is 1. The summed E-state index contributed by atoms with van der Waals surface area (Å²) in [4.78, 5) is 12.6. The number of hydrogen-bond acceptors (Lipinski definition) is 4. The second kappa shape index (κ2) is 6.94. The Morgan fingerprint density at radius 3 is 2.40 bits per heavy atom. The third-order valence-corrected chi connectivity index (χ3v) is 4.20. The number of carbonyl (C=O) groups is 1. The Morgan fingerprint density at radius 1 is 1.00 bits per heavy atom. The van der Waals surface area contributed by atoms with E-state index in [1.165, 1.54) is 6.07 Å². The quantitative estimate of drug-likeness (QED) is 0.710. The van der Waals surface area contributed by atoms with E-state index in [1.807, 2.05) is 48.5 Å². The van der Waals surface area contributed by atoms with Gasteiger partial charge in [0.05, 0.1) is 11.8 Å². The van der Waals surface area contributed by atoms with Crippen LogP contribution in [0.4, 0.5) is 5.69 Å². The molecule has 0 aliphatic heterocycles. The number of nitrogens with one attached hydrogen (secondary N) is 1. The molecule has 0 aliphatic rings. The minimum absolute atomic E-state index is 0.151. The van der Waals surface area contributed by atoms with Crippen molar-refractivity contribution in [2.24, 2.45) is 0 Å². The summed E-state index contributed by atoms with van der Waals surface area (Å²) in [7, 11) is -3.45. The highest BCUT2D eigenvalue weighted by atomic mass is 32.2. The molecule has 128 valence electrons. The van der Waals surface area contributed by atoms with Crippen molar-refractivity contribution >= 4 is 32.5 Å². The normalized spacial score (nSPS) is 11.2. The molecule has 0 bridgehead atoms. The molecule has 6 heteroatoms. The van der Waals surface area contributed by atoms with Gasteiger partial charge in [-0.2, -0.15) is 0 Å². The van der Waals surface area contributed by atoms with Crippen LogP contribution in [-0.2, 0) is 21.4 Å². The molecule has 0 amide bonds. The van der Waals surface area contributed by atoms with Gasteiger partial charge in [0.15, 0.2) is 0 Å². The zero-order chi connectivity index (χ0) is 17.9. The predicted octanol–water partition coefficient (Wildman–Crippen LogP) is 3.57. The highest BCUT2D eigenvalue weighted by Crippen LogP contribution is 2.25. The standard InChI is InChI=1S/C19H17NO4S/c1-25(22,23)20-16-11-15-9-5-6-10-17(15)18(12-16)19(21)24-13-14-7-3-2-4-8-14/h2-12,20H,13H2,1H3. The molecule has 5 nitrogen and oxygen atoms in total. The molecule has 0 unspecified atom stereocenters. The van der Waals surface area contributed by atoms with Crippen LogP contribution in [0.2, 0.25) is 0 Å². The lowest BCUT2D eigenvalue weighted by atomic mass is 10.0. The summed E-state index contributed by atoms with van der Waals surface area (Å²) in [6, 6.07) is 19.8. The summed E-state index contributed by atoms with van der Waals surface area (Å²) in [5, 5.41) is 1.46. The van der Waals surface area contributed by atoms with Gasteiger partial charge in [-0.25, -0.2) is 13.2 Å². The molecule has 3 rings (SSSR count). The number of esters is 1. The molecule has 3 aromatic rings.